The summed E-state index contributed by atoms with van der Waals surface area (Å²) in [6.07, 6.45) is -0.469. The molecule has 1 rings (SSSR count). The first-order valence-corrected chi connectivity index (χ1v) is 4.38. The molecule has 0 heterocycles. The number of rotatable bonds is 3. The van der Waals surface area contributed by atoms with E-state index in [-0.39, 0.29) is 10.8 Å². The Morgan fingerprint density at radius 3 is 2.57 bits per heavy atom. The molecule has 0 bridgehead atoms. The molecule has 0 fully saturated rings. The van der Waals surface area contributed by atoms with Crippen LogP contribution in [-0.4, -0.2) is 17.6 Å². The van der Waals surface area contributed by atoms with E-state index in [1.807, 2.05) is 0 Å². The van der Waals surface area contributed by atoms with E-state index >= 15 is 0 Å². The van der Waals surface area contributed by atoms with Gasteiger partial charge in [0.05, 0.1) is 11.6 Å². The van der Waals surface area contributed by atoms with E-state index in [0.717, 1.165) is 0 Å². The Balaban J connectivity index is 2.83. The fourth-order valence-electron chi connectivity index (χ4n) is 1.03. The number of alkyl halides is 2. The third-order valence-electron chi connectivity index (χ3n) is 1.77. The highest BCUT2D eigenvalue weighted by Gasteiger charge is 2.27. The summed E-state index contributed by atoms with van der Waals surface area (Å²) in [5.41, 5.74) is 5.24. The van der Waals surface area contributed by atoms with Crippen LogP contribution in [0, 0.1) is 0 Å². The highest BCUT2D eigenvalue weighted by atomic mass is 35.5. The van der Waals surface area contributed by atoms with Crippen molar-refractivity contribution in [1.82, 2.24) is 0 Å². The van der Waals surface area contributed by atoms with Crippen molar-refractivity contribution in [1.29, 1.82) is 0 Å². The van der Waals surface area contributed by atoms with Gasteiger partial charge < -0.3 is 10.8 Å². The first-order chi connectivity index (χ1) is 6.44. The summed E-state index contributed by atoms with van der Waals surface area (Å²) in [5, 5.41) is 9.12. The molecule has 78 valence electrons. The SMILES string of the molecule is NCC(F)(F)Cc1ccc(O)c(Cl)c1. The van der Waals surface area contributed by atoms with Crippen LogP contribution in [0.4, 0.5) is 8.78 Å². The molecule has 0 unspecified atom stereocenters. The van der Waals surface area contributed by atoms with Crippen LogP contribution in [0.2, 0.25) is 5.02 Å². The van der Waals surface area contributed by atoms with Crippen molar-refractivity contribution >= 4 is 11.6 Å². The first kappa shape index (κ1) is 11.2. The quantitative estimate of drug-likeness (QED) is 0.822. The molecule has 1 aromatic rings. The van der Waals surface area contributed by atoms with E-state index in [4.69, 9.17) is 22.4 Å². The topological polar surface area (TPSA) is 46.2 Å². The molecule has 1 aromatic carbocycles. The highest BCUT2D eigenvalue weighted by Crippen LogP contribution is 2.26. The third kappa shape index (κ3) is 2.82. The molecule has 0 aromatic heterocycles. The number of phenolic OH excluding ortho intramolecular Hbond substituents is 1. The molecular formula is C9H10ClF2NO. The van der Waals surface area contributed by atoms with E-state index < -0.39 is 18.9 Å². The molecule has 0 radical (unpaired) electrons. The van der Waals surface area contributed by atoms with Crippen molar-refractivity contribution in [2.75, 3.05) is 6.54 Å². The van der Waals surface area contributed by atoms with Crippen LogP contribution >= 0.6 is 11.6 Å². The average Bonchev–Trinajstić information content (AvgIpc) is 2.11. The molecule has 14 heavy (non-hydrogen) atoms. The number of nitrogens with two attached hydrogens (primary N) is 1. The van der Waals surface area contributed by atoms with Gasteiger partial charge in [-0.2, -0.15) is 0 Å². The maximum absolute atomic E-state index is 12.8. The molecule has 0 atom stereocenters. The molecule has 5 heteroatoms. The third-order valence-corrected chi connectivity index (χ3v) is 2.08. The lowest BCUT2D eigenvalue weighted by molar-refractivity contribution is 0.0115. The molecular weight excluding hydrogens is 212 g/mol. The summed E-state index contributed by atoms with van der Waals surface area (Å²) in [7, 11) is 0. The van der Waals surface area contributed by atoms with Gasteiger partial charge >= 0.3 is 0 Å². The minimum atomic E-state index is -2.93. The second kappa shape index (κ2) is 4.11. The highest BCUT2D eigenvalue weighted by molar-refractivity contribution is 6.32. The number of hydrogen-bond donors (Lipinski definition) is 2. The number of phenols is 1. The summed E-state index contributed by atoms with van der Waals surface area (Å²) >= 11 is 5.56. The molecule has 0 saturated carbocycles. The minimum Gasteiger partial charge on any atom is -0.506 e. The Kier molecular flexibility index (Phi) is 3.29. The average molecular weight is 222 g/mol. The van der Waals surface area contributed by atoms with Gasteiger partial charge in [-0.15, -0.1) is 0 Å². The van der Waals surface area contributed by atoms with E-state index in [9.17, 15) is 8.78 Å². The lowest BCUT2D eigenvalue weighted by atomic mass is 10.1. The molecule has 0 aliphatic carbocycles. The van der Waals surface area contributed by atoms with Crippen LogP contribution in [0.5, 0.6) is 5.75 Å². The van der Waals surface area contributed by atoms with Crippen molar-refractivity contribution in [2.24, 2.45) is 5.73 Å². The van der Waals surface area contributed by atoms with Crippen LogP contribution in [0.15, 0.2) is 18.2 Å². The molecule has 0 amide bonds. The van der Waals surface area contributed by atoms with E-state index in [0.29, 0.717) is 5.56 Å². The Hall–Kier alpha value is -0.870. The lowest BCUT2D eigenvalue weighted by Gasteiger charge is -2.13. The Morgan fingerprint density at radius 2 is 2.07 bits per heavy atom. The maximum Gasteiger partial charge on any atom is 0.264 e. The standard InChI is InChI=1S/C9H10ClF2NO/c10-7-3-6(1-2-8(7)14)4-9(11,12)5-13/h1-3,14H,4-5,13H2. The molecule has 2 nitrogen and oxygen atoms in total. The molecule has 0 spiro atoms. The van der Waals surface area contributed by atoms with E-state index in [2.05, 4.69) is 0 Å². The minimum absolute atomic E-state index is 0.0651. The Bertz CT molecular complexity index is 331. The Labute approximate surface area is 85.3 Å². The maximum atomic E-state index is 12.8. The predicted molar refractivity (Wildman–Crippen MR) is 50.8 cm³/mol. The predicted octanol–water partition coefficient (Wildman–Crippen LogP) is 2.18. The van der Waals surface area contributed by atoms with Gasteiger partial charge in [0, 0.05) is 6.42 Å². The number of halogens is 3. The van der Waals surface area contributed by atoms with Gasteiger partial charge in [-0.25, -0.2) is 8.78 Å². The number of aromatic hydroxyl groups is 1. The van der Waals surface area contributed by atoms with Gasteiger partial charge in [0.1, 0.15) is 5.75 Å². The van der Waals surface area contributed by atoms with Crippen LogP contribution in [0.3, 0.4) is 0 Å². The van der Waals surface area contributed by atoms with Gasteiger partial charge in [0.15, 0.2) is 0 Å². The molecule has 3 N–H and O–H groups in total. The van der Waals surface area contributed by atoms with Gasteiger partial charge in [-0.1, -0.05) is 17.7 Å². The lowest BCUT2D eigenvalue weighted by Crippen LogP contribution is -2.30. The zero-order chi connectivity index (χ0) is 10.8. The van der Waals surface area contributed by atoms with Crippen molar-refractivity contribution in [3.63, 3.8) is 0 Å². The van der Waals surface area contributed by atoms with Crippen molar-refractivity contribution in [2.45, 2.75) is 12.3 Å². The molecule has 0 saturated heterocycles. The summed E-state index contributed by atoms with van der Waals surface area (Å²) < 4.78 is 25.7. The first-order valence-electron chi connectivity index (χ1n) is 4.00. The van der Waals surface area contributed by atoms with Crippen LogP contribution < -0.4 is 5.73 Å². The zero-order valence-electron chi connectivity index (χ0n) is 7.30. The summed E-state index contributed by atoms with van der Waals surface area (Å²) in [6, 6.07) is 3.98. The van der Waals surface area contributed by atoms with Crippen molar-refractivity contribution in [3.8, 4) is 5.75 Å². The fourth-order valence-corrected chi connectivity index (χ4v) is 1.23. The van der Waals surface area contributed by atoms with Gasteiger partial charge in [-0.3, -0.25) is 0 Å². The number of benzene rings is 1. The van der Waals surface area contributed by atoms with Crippen LogP contribution in [0.1, 0.15) is 5.56 Å². The van der Waals surface area contributed by atoms with Crippen molar-refractivity contribution < 1.29 is 13.9 Å². The molecule has 0 aliphatic heterocycles. The monoisotopic (exact) mass is 221 g/mol. The fraction of sp³-hybridized carbons (Fsp3) is 0.333. The van der Waals surface area contributed by atoms with E-state index in [1.54, 1.807) is 0 Å². The summed E-state index contributed by atoms with van der Waals surface area (Å²) in [4.78, 5) is 0. The Morgan fingerprint density at radius 1 is 1.43 bits per heavy atom. The second-order valence-electron chi connectivity index (χ2n) is 3.02. The molecule has 0 aliphatic rings. The normalized spacial score (nSPS) is 11.7. The van der Waals surface area contributed by atoms with Crippen LogP contribution in [0.25, 0.3) is 0 Å². The zero-order valence-corrected chi connectivity index (χ0v) is 8.06. The van der Waals surface area contributed by atoms with Crippen LogP contribution in [-0.2, 0) is 6.42 Å². The summed E-state index contributed by atoms with van der Waals surface area (Å²) in [6.45, 7) is -0.703. The van der Waals surface area contributed by atoms with Crippen molar-refractivity contribution in [3.05, 3.63) is 28.8 Å². The van der Waals surface area contributed by atoms with Gasteiger partial charge in [0.25, 0.3) is 5.92 Å². The van der Waals surface area contributed by atoms with Gasteiger partial charge in [0.2, 0.25) is 0 Å². The largest absolute Gasteiger partial charge is 0.506 e. The summed E-state index contributed by atoms with van der Waals surface area (Å²) in [5.74, 6) is -3.05. The second-order valence-corrected chi connectivity index (χ2v) is 3.43. The van der Waals surface area contributed by atoms with E-state index in [1.165, 1.54) is 18.2 Å². The smallest absolute Gasteiger partial charge is 0.264 e. The number of hydrogen-bond acceptors (Lipinski definition) is 2. The van der Waals surface area contributed by atoms with Gasteiger partial charge in [-0.05, 0) is 17.7 Å².